The molecule has 0 aliphatic carbocycles. The van der Waals surface area contributed by atoms with Crippen LogP contribution in [0.15, 0.2) is 47.6 Å². The van der Waals surface area contributed by atoms with Gasteiger partial charge in [-0.2, -0.15) is 0 Å². The summed E-state index contributed by atoms with van der Waals surface area (Å²) in [6, 6.07) is 11.7. The molecule has 1 aromatic carbocycles. The molecule has 7 heteroatoms. The van der Waals surface area contributed by atoms with Crippen molar-refractivity contribution in [3.05, 3.63) is 59.5 Å². The van der Waals surface area contributed by atoms with Crippen LogP contribution in [0.4, 0.5) is 10.2 Å². The predicted molar refractivity (Wildman–Crippen MR) is 119 cm³/mol. The SMILES string of the molecule is CCNC(=NCc1ccc(C)cc1)NC1CCN(c2ncccc2F)C1.I. The minimum Gasteiger partial charge on any atom is -0.357 e. The van der Waals surface area contributed by atoms with E-state index in [2.05, 4.69) is 51.8 Å². The van der Waals surface area contributed by atoms with Crippen molar-refractivity contribution in [1.82, 2.24) is 15.6 Å². The van der Waals surface area contributed by atoms with Gasteiger partial charge in [-0.05, 0) is 38.0 Å². The number of hydrogen-bond acceptors (Lipinski definition) is 3. The van der Waals surface area contributed by atoms with Gasteiger partial charge in [0.15, 0.2) is 17.6 Å². The van der Waals surface area contributed by atoms with Gasteiger partial charge in [0.2, 0.25) is 0 Å². The van der Waals surface area contributed by atoms with Crippen molar-refractivity contribution in [1.29, 1.82) is 0 Å². The van der Waals surface area contributed by atoms with Crippen LogP contribution in [0.1, 0.15) is 24.5 Å². The minimum absolute atomic E-state index is 0. The maximum absolute atomic E-state index is 13.9. The molecule has 27 heavy (non-hydrogen) atoms. The molecule has 2 N–H and O–H groups in total. The number of aryl methyl sites for hydroxylation is 1. The molecule has 0 amide bonds. The smallest absolute Gasteiger partial charge is 0.191 e. The average Bonchev–Trinajstić information content (AvgIpc) is 3.10. The van der Waals surface area contributed by atoms with Crippen LogP contribution in [-0.4, -0.2) is 36.6 Å². The number of aliphatic imine (C=N–C) groups is 1. The molecular formula is C20H27FIN5. The number of hydrogen-bond donors (Lipinski definition) is 2. The summed E-state index contributed by atoms with van der Waals surface area (Å²) in [5.74, 6) is 0.952. The van der Waals surface area contributed by atoms with E-state index < -0.39 is 0 Å². The first kappa shape index (κ1) is 21.4. The van der Waals surface area contributed by atoms with E-state index in [9.17, 15) is 4.39 Å². The molecule has 1 aromatic heterocycles. The highest BCUT2D eigenvalue weighted by molar-refractivity contribution is 14.0. The van der Waals surface area contributed by atoms with Crippen LogP contribution < -0.4 is 15.5 Å². The van der Waals surface area contributed by atoms with Gasteiger partial charge in [-0.15, -0.1) is 24.0 Å². The molecule has 1 aliphatic heterocycles. The highest BCUT2D eigenvalue weighted by Gasteiger charge is 2.25. The molecule has 146 valence electrons. The van der Waals surface area contributed by atoms with Gasteiger partial charge in [0.05, 0.1) is 6.54 Å². The Morgan fingerprint density at radius 1 is 1.30 bits per heavy atom. The Morgan fingerprint density at radius 3 is 2.78 bits per heavy atom. The van der Waals surface area contributed by atoms with E-state index in [1.54, 1.807) is 12.3 Å². The molecule has 2 aromatic rings. The van der Waals surface area contributed by atoms with E-state index in [0.29, 0.717) is 18.9 Å². The third-order valence-electron chi connectivity index (χ3n) is 4.45. The summed E-state index contributed by atoms with van der Waals surface area (Å²) in [5.41, 5.74) is 2.42. The summed E-state index contributed by atoms with van der Waals surface area (Å²) in [6.45, 7) is 7.04. The number of nitrogens with zero attached hydrogens (tertiary/aromatic N) is 3. The number of benzene rings is 1. The fourth-order valence-corrected chi connectivity index (χ4v) is 3.06. The van der Waals surface area contributed by atoms with Gasteiger partial charge >= 0.3 is 0 Å². The lowest BCUT2D eigenvalue weighted by Crippen LogP contribution is -2.44. The first-order chi connectivity index (χ1) is 12.7. The van der Waals surface area contributed by atoms with Gasteiger partial charge in [0.25, 0.3) is 0 Å². The summed E-state index contributed by atoms with van der Waals surface area (Å²) in [4.78, 5) is 10.8. The van der Waals surface area contributed by atoms with Crippen LogP contribution in [0, 0.1) is 12.7 Å². The number of aromatic nitrogens is 1. The van der Waals surface area contributed by atoms with Crippen molar-refractivity contribution in [3.63, 3.8) is 0 Å². The molecule has 0 radical (unpaired) electrons. The van der Waals surface area contributed by atoms with E-state index in [4.69, 9.17) is 0 Å². The molecule has 1 unspecified atom stereocenters. The average molecular weight is 483 g/mol. The summed E-state index contributed by atoms with van der Waals surface area (Å²) < 4.78 is 13.9. The van der Waals surface area contributed by atoms with Crippen molar-refractivity contribution < 1.29 is 4.39 Å². The second-order valence-corrected chi connectivity index (χ2v) is 6.57. The lowest BCUT2D eigenvalue weighted by atomic mass is 10.1. The van der Waals surface area contributed by atoms with Crippen LogP contribution in [0.5, 0.6) is 0 Å². The fraction of sp³-hybridized carbons (Fsp3) is 0.400. The monoisotopic (exact) mass is 483 g/mol. The molecule has 2 heterocycles. The van der Waals surface area contributed by atoms with Crippen molar-refractivity contribution >= 4 is 35.8 Å². The zero-order chi connectivity index (χ0) is 18.4. The van der Waals surface area contributed by atoms with Crippen LogP contribution >= 0.6 is 24.0 Å². The number of rotatable bonds is 5. The maximum Gasteiger partial charge on any atom is 0.191 e. The van der Waals surface area contributed by atoms with Crippen molar-refractivity contribution in [2.75, 3.05) is 24.5 Å². The minimum atomic E-state index is -0.270. The molecule has 0 saturated carbocycles. The number of nitrogens with one attached hydrogen (secondary N) is 2. The third kappa shape index (κ3) is 6.05. The van der Waals surface area contributed by atoms with Crippen molar-refractivity contribution in [3.8, 4) is 0 Å². The summed E-state index contributed by atoms with van der Waals surface area (Å²) in [5, 5.41) is 6.75. The van der Waals surface area contributed by atoms with Crippen molar-refractivity contribution in [2.24, 2.45) is 4.99 Å². The predicted octanol–water partition coefficient (Wildman–Crippen LogP) is 3.48. The van der Waals surface area contributed by atoms with Crippen LogP contribution in [0.3, 0.4) is 0 Å². The second-order valence-electron chi connectivity index (χ2n) is 6.57. The molecule has 3 rings (SSSR count). The largest absolute Gasteiger partial charge is 0.357 e. The van der Waals surface area contributed by atoms with Crippen LogP contribution in [0.2, 0.25) is 0 Å². The fourth-order valence-electron chi connectivity index (χ4n) is 3.06. The Bertz CT molecular complexity index is 750. The maximum atomic E-state index is 13.9. The van der Waals surface area contributed by atoms with Crippen molar-refractivity contribution in [2.45, 2.75) is 32.9 Å². The first-order valence-electron chi connectivity index (χ1n) is 9.11. The molecule has 1 fully saturated rings. The molecule has 0 spiro atoms. The van der Waals surface area contributed by atoms with Gasteiger partial charge in [0, 0.05) is 31.9 Å². The molecule has 1 aliphatic rings. The third-order valence-corrected chi connectivity index (χ3v) is 4.45. The highest BCUT2D eigenvalue weighted by Crippen LogP contribution is 2.20. The molecule has 1 saturated heterocycles. The van der Waals surface area contributed by atoms with E-state index in [1.165, 1.54) is 17.2 Å². The quantitative estimate of drug-likeness (QED) is 0.389. The Hall–Kier alpha value is -1.90. The Balaban J connectivity index is 0.00000261. The standard InChI is InChI=1S/C20H26FN5.HI/c1-3-22-20(24-13-16-8-6-15(2)7-9-16)25-17-10-12-26(14-17)19-18(21)5-4-11-23-19;/h4-9,11,17H,3,10,12-14H2,1-2H3,(H2,22,24,25);1H. The van der Waals surface area contributed by atoms with Gasteiger partial charge in [-0.1, -0.05) is 29.8 Å². The molecular weight excluding hydrogens is 456 g/mol. The van der Waals surface area contributed by atoms with Gasteiger partial charge in [0.1, 0.15) is 0 Å². The molecule has 5 nitrogen and oxygen atoms in total. The van der Waals surface area contributed by atoms with Gasteiger partial charge in [-0.25, -0.2) is 14.4 Å². The summed E-state index contributed by atoms with van der Waals surface area (Å²) in [6.07, 6.45) is 2.55. The number of pyridine rings is 1. The van der Waals surface area contributed by atoms with E-state index in [0.717, 1.165) is 25.5 Å². The van der Waals surface area contributed by atoms with E-state index in [1.807, 2.05) is 11.8 Å². The lowest BCUT2D eigenvalue weighted by Gasteiger charge is -2.20. The highest BCUT2D eigenvalue weighted by atomic mass is 127. The second kappa shape index (κ2) is 10.4. The number of halogens is 2. The van der Waals surface area contributed by atoms with E-state index >= 15 is 0 Å². The van der Waals surface area contributed by atoms with Crippen LogP contribution in [-0.2, 0) is 6.54 Å². The molecule has 1 atom stereocenters. The van der Waals surface area contributed by atoms with E-state index in [-0.39, 0.29) is 35.8 Å². The zero-order valence-electron chi connectivity index (χ0n) is 15.8. The van der Waals surface area contributed by atoms with Gasteiger partial charge in [-0.3, -0.25) is 0 Å². The first-order valence-corrected chi connectivity index (χ1v) is 9.11. The summed E-state index contributed by atoms with van der Waals surface area (Å²) >= 11 is 0. The summed E-state index contributed by atoms with van der Waals surface area (Å²) in [7, 11) is 0. The number of guanidine groups is 1. The Labute approximate surface area is 177 Å². The Kier molecular flexibility index (Phi) is 8.27. The Morgan fingerprint density at radius 2 is 2.07 bits per heavy atom. The number of anilines is 1. The zero-order valence-corrected chi connectivity index (χ0v) is 18.1. The van der Waals surface area contributed by atoms with Gasteiger partial charge < -0.3 is 15.5 Å². The lowest BCUT2D eigenvalue weighted by molar-refractivity contribution is 0.612. The van der Waals surface area contributed by atoms with Crippen LogP contribution in [0.25, 0.3) is 0 Å². The normalized spacial score (nSPS) is 16.8. The topological polar surface area (TPSA) is 52.6 Å². The molecule has 0 bridgehead atoms.